The maximum atomic E-state index is 11.9. The highest BCUT2D eigenvalue weighted by Crippen LogP contribution is 2.27. The lowest BCUT2D eigenvalue weighted by Crippen LogP contribution is -2.16. The fourth-order valence-electron chi connectivity index (χ4n) is 2.00. The summed E-state index contributed by atoms with van der Waals surface area (Å²) < 4.78 is 5.08. The zero-order valence-electron chi connectivity index (χ0n) is 12.6. The number of nitriles is 1. The predicted molar refractivity (Wildman–Crippen MR) is 90.9 cm³/mol. The normalized spacial score (nSPS) is 9.78. The van der Waals surface area contributed by atoms with Crippen molar-refractivity contribution >= 4 is 28.9 Å². The Kier molecular flexibility index (Phi) is 5.84. The number of anilines is 2. The number of nitrogens with zero attached hydrogens (tertiary/aromatic N) is 1. The Hall–Kier alpha value is -2.71. The molecule has 23 heavy (non-hydrogen) atoms. The summed E-state index contributed by atoms with van der Waals surface area (Å²) in [4.78, 5) is 11.9. The molecule has 0 spiro atoms. The number of amides is 1. The van der Waals surface area contributed by atoms with Crippen LogP contribution in [0.2, 0.25) is 5.02 Å². The number of rotatable bonds is 6. The summed E-state index contributed by atoms with van der Waals surface area (Å²) in [5, 5.41) is 15.3. The summed E-state index contributed by atoms with van der Waals surface area (Å²) in [6.07, 6.45) is 0.267. The Morgan fingerprint density at radius 1 is 1.30 bits per heavy atom. The molecule has 0 saturated carbocycles. The second-order valence-corrected chi connectivity index (χ2v) is 5.14. The van der Waals surface area contributed by atoms with Crippen molar-refractivity contribution in [2.24, 2.45) is 0 Å². The number of ether oxygens (including phenoxy) is 1. The number of carbonyl (C=O) groups is 1. The van der Waals surface area contributed by atoms with Gasteiger partial charge in [0.15, 0.2) is 0 Å². The molecule has 2 rings (SSSR count). The van der Waals surface area contributed by atoms with Gasteiger partial charge in [-0.3, -0.25) is 4.79 Å². The average Bonchev–Trinajstić information content (AvgIpc) is 2.55. The molecule has 0 aliphatic carbocycles. The van der Waals surface area contributed by atoms with Crippen molar-refractivity contribution in [2.75, 3.05) is 24.3 Å². The third-order valence-electron chi connectivity index (χ3n) is 3.15. The lowest BCUT2D eigenvalue weighted by Gasteiger charge is -2.10. The summed E-state index contributed by atoms with van der Waals surface area (Å²) >= 11 is 6.04. The molecule has 1 amide bonds. The minimum absolute atomic E-state index is 0.167. The largest absolute Gasteiger partial charge is 0.495 e. The standard InChI is InChI=1S/C17H16ClN3O2/c1-23-16-7-6-13(10-14(16)18)20-9-8-17(22)21-15-5-3-2-4-12(15)11-19/h2-7,10,20H,8-9H2,1H3,(H,21,22). The van der Waals surface area contributed by atoms with Crippen LogP contribution < -0.4 is 15.4 Å². The van der Waals surface area contributed by atoms with Gasteiger partial charge < -0.3 is 15.4 Å². The van der Waals surface area contributed by atoms with Crippen molar-refractivity contribution in [1.29, 1.82) is 5.26 Å². The molecule has 0 aromatic heterocycles. The molecular weight excluding hydrogens is 314 g/mol. The van der Waals surface area contributed by atoms with Crippen LogP contribution in [0, 0.1) is 11.3 Å². The van der Waals surface area contributed by atoms with Gasteiger partial charge >= 0.3 is 0 Å². The zero-order chi connectivity index (χ0) is 16.7. The van der Waals surface area contributed by atoms with E-state index in [0.717, 1.165) is 5.69 Å². The molecule has 0 bridgehead atoms. The zero-order valence-corrected chi connectivity index (χ0v) is 13.4. The fraction of sp³-hybridized carbons (Fsp3) is 0.176. The number of hydrogen-bond acceptors (Lipinski definition) is 4. The van der Waals surface area contributed by atoms with E-state index in [9.17, 15) is 4.79 Å². The fourth-order valence-corrected chi connectivity index (χ4v) is 2.26. The smallest absolute Gasteiger partial charge is 0.226 e. The molecule has 118 valence electrons. The molecule has 6 heteroatoms. The molecule has 0 atom stereocenters. The van der Waals surface area contributed by atoms with Crippen LogP contribution in [0.1, 0.15) is 12.0 Å². The van der Waals surface area contributed by atoms with E-state index in [-0.39, 0.29) is 12.3 Å². The SMILES string of the molecule is COc1ccc(NCCC(=O)Nc2ccccc2C#N)cc1Cl. The molecule has 0 aliphatic rings. The Morgan fingerprint density at radius 3 is 2.78 bits per heavy atom. The first-order valence-corrected chi connectivity index (χ1v) is 7.38. The lowest BCUT2D eigenvalue weighted by atomic mass is 10.2. The molecule has 0 radical (unpaired) electrons. The third kappa shape index (κ3) is 4.63. The van der Waals surface area contributed by atoms with Crippen LogP contribution in [-0.4, -0.2) is 19.6 Å². The van der Waals surface area contributed by atoms with Crippen molar-refractivity contribution in [1.82, 2.24) is 0 Å². The number of methoxy groups -OCH3 is 1. The van der Waals surface area contributed by atoms with Gasteiger partial charge in [-0.25, -0.2) is 0 Å². The molecule has 2 aromatic carbocycles. The maximum absolute atomic E-state index is 11.9. The van der Waals surface area contributed by atoms with Crippen LogP contribution >= 0.6 is 11.6 Å². The monoisotopic (exact) mass is 329 g/mol. The average molecular weight is 330 g/mol. The molecule has 0 heterocycles. The lowest BCUT2D eigenvalue weighted by molar-refractivity contribution is -0.115. The van der Waals surface area contributed by atoms with Gasteiger partial charge in [-0.05, 0) is 30.3 Å². The van der Waals surface area contributed by atoms with Gasteiger partial charge in [0.1, 0.15) is 11.8 Å². The second kappa shape index (κ2) is 8.06. The minimum Gasteiger partial charge on any atom is -0.495 e. The highest BCUT2D eigenvalue weighted by Gasteiger charge is 2.06. The molecule has 2 N–H and O–H groups in total. The second-order valence-electron chi connectivity index (χ2n) is 4.73. The molecule has 0 unspecified atom stereocenters. The topological polar surface area (TPSA) is 74.2 Å². The van der Waals surface area contributed by atoms with E-state index in [4.69, 9.17) is 21.6 Å². The first-order chi connectivity index (χ1) is 11.1. The Labute approximate surface area is 139 Å². The highest BCUT2D eigenvalue weighted by atomic mass is 35.5. The van der Waals surface area contributed by atoms with Crippen molar-refractivity contribution in [2.45, 2.75) is 6.42 Å². The minimum atomic E-state index is -0.167. The molecule has 5 nitrogen and oxygen atoms in total. The molecular formula is C17H16ClN3O2. The number of hydrogen-bond donors (Lipinski definition) is 2. The number of carbonyl (C=O) groups excluding carboxylic acids is 1. The van der Waals surface area contributed by atoms with Gasteiger partial charge in [-0.2, -0.15) is 5.26 Å². The number of nitrogens with one attached hydrogen (secondary N) is 2. The van der Waals surface area contributed by atoms with Gasteiger partial charge in [0.2, 0.25) is 5.91 Å². The Bertz CT molecular complexity index is 741. The van der Waals surface area contributed by atoms with Crippen LogP contribution in [0.3, 0.4) is 0 Å². The predicted octanol–water partition coefficient (Wildman–Crippen LogP) is 3.66. The molecule has 0 saturated heterocycles. The summed E-state index contributed by atoms with van der Waals surface area (Å²) in [6, 6.07) is 14.3. The van der Waals surface area contributed by atoms with Gasteiger partial charge in [0.25, 0.3) is 0 Å². The third-order valence-corrected chi connectivity index (χ3v) is 3.45. The molecule has 2 aromatic rings. The highest BCUT2D eigenvalue weighted by molar-refractivity contribution is 6.32. The van der Waals surface area contributed by atoms with Gasteiger partial charge in [0.05, 0.1) is 23.4 Å². The van der Waals surface area contributed by atoms with E-state index < -0.39 is 0 Å². The van der Waals surface area contributed by atoms with E-state index in [1.54, 1.807) is 43.5 Å². The first kappa shape index (κ1) is 16.7. The van der Waals surface area contributed by atoms with E-state index in [1.807, 2.05) is 12.1 Å². The first-order valence-electron chi connectivity index (χ1n) is 7.00. The van der Waals surface area contributed by atoms with E-state index in [0.29, 0.717) is 28.6 Å². The summed E-state index contributed by atoms with van der Waals surface area (Å²) in [5.41, 5.74) is 1.77. The summed E-state index contributed by atoms with van der Waals surface area (Å²) in [5.74, 6) is 0.433. The van der Waals surface area contributed by atoms with Crippen molar-refractivity contribution in [3.05, 3.63) is 53.1 Å². The van der Waals surface area contributed by atoms with Crippen LogP contribution in [0.4, 0.5) is 11.4 Å². The summed E-state index contributed by atoms with van der Waals surface area (Å²) in [7, 11) is 1.55. The Balaban J connectivity index is 1.85. The van der Waals surface area contributed by atoms with Crippen LogP contribution in [-0.2, 0) is 4.79 Å². The van der Waals surface area contributed by atoms with Crippen molar-refractivity contribution in [3.63, 3.8) is 0 Å². The quantitative estimate of drug-likeness (QED) is 0.848. The Morgan fingerprint density at radius 2 is 2.09 bits per heavy atom. The molecule has 0 aliphatic heterocycles. The van der Waals surface area contributed by atoms with Gasteiger partial charge in [-0.1, -0.05) is 23.7 Å². The number of benzene rings is 2. The number of halogens is 1. The van der Waals surface area contributed by atoms with Gasteiger partial charge in [0, 0.05) is 18.7 Å². The van der Waals surface area contributed by atoms with Crippen LogP contribution in [0.25, 0.3) is 0 Å². The summed E-state index contributed by atoms with van der Waals surface area (Å²) in [6.45, 7) is 0.448. The van der Waals surface area contributed by atoms with Gasteiger partial charge in [-0.15, -0.1) is 0 Å². The van der Waals surface area contributed by atoms with Crippen molar-refractivity contribution < 1.29 is 9.53 Å². The molecule has 0 fully saturated rings. The number of para-hydroxylation sites is 1. The van der Waals surface area contributed by atoms with E-state index in [1.165, 1.54) is 0 Å². The van der Waals surface area contributed by atoms with E-state index >= 15 is 0 Å². The van der Waals surface area contributed by atoms with E-state index in [2.05, 4.69) is 10.6 Å². The maximum Gasteiger partial charge on any atom is 0.226 e. The van der Waals surface area contributed by atoms with Crippen molar-refractivity contribution in [3.8, 4) is 11.8 Å². The van der Waals surface area contributed by atoms with Crippen LogP contribution in [0.15, 0.2) is 42.5 Å². The van der Waals surface area contributed by atoms with Crippen LogP contribution in [0.5, 0.6) is 5.75 Å².